The average molecular weight is 177 g/mol. The summed E-state index contributed by atoms with van der Waals surface area (Å²) in [5, 5.41) is 0. The first-order valence-electron chi connectivity index (χ1n) is 4.62. The first-order chi connectivity index (χ1) is 6.09. The third-order valence-electron chi connectivity index (χ3n) is 2.72. The Labute approximate surface area is 78.7 Å². The van der Waals surface area contributed by atoms with Gasteiger partial charge < -0.3 is 10.5 Å². The van der Waals surface area contributed by atoms with Crippen LogP contribution in [-0.4, -0.2) is 6.61 Å². The molecule has 13 heavy (non-hydrogen) atoms. The Bertz CT molecular complexity index is 331. The molecular weight excluding hydrogens is 162 g/mol. The Hall–Kier alpha value is -1.18. The fourth-order valence-corrected chi connectivity index (χ4v) is 1.77. The van der Waals surface area contributed by atoms with Crippen LogP contribution in [0.1, 0.15) is 25.8 Å². The average Bonchev–Trinajstić information content (AvgIpc) is 2.02. The summed E-state index contributed by atoms with van der Waals surface area (Å²) in [7, 11) is 0. The van der Waals surface area contributed by atoms with Crippen molar-refractivity contribution in [1.82, 2.24) is 0 Å². The number of nitrogen functional groups attached to an aromatic ring is 1. The fourth-order valence-electron chi connectivity index (χ4n) is 1.77. The molecule has 0 amide bonds. The summed E-state index contributed by atoms with van der Waals surface area (Å²) >= 11 is 0. The minimum absolute atomic E-state index is 0.223. The number of hydrogen-bond acceptors (Lipinski definition) is 2. The summed E-state index contributed by atoms with van der Waals surface area (Å²) in [5.74, 6) is 0.955. The first kappa shape index (κ1) is 8.42. The molecule has 1 aromatic rings. The van der Waals surface area contributed by atoms with Crippen molar-refractivity contribution >= 4 is 5.69 Å². The molecule has 0 saturated carbocycles. The molecule has 70 valence electrons. The Morgan fingerprint density at radius 2 is 2.15 bits per heavy atom. The molecule has 1 aliphatic rings. The van der Waals surface area contributed by atoms with Crippen molar-refractivity contribution in [3.05, 3.63) is 23.8 Å². The van der Waals surface area contributed by atoms with E-state index >= 15 is 0 Å². The summed E-state index contributed by atoms with van der Waals surface area (Å²) in [4.78, 5) is 0. The lowest BCUT2D eigenvalue weighted by atomic mass is 9.80. The van der Waals surface area contributed by atoms with E-state index in [0.29, 0.717) is 0 Å². The van der Waals surface area contributed by atoms with Crippen molar-refractivity contribution in [2.75, 3.05) is 12.3 Å². The molecule has 0 aliphatic carbocycles. The van der Waals surface area contributed by atoms with Crippen molar-refractivity contribution in [3.63, 3.8) is 0 Å². The predicted octanol–water partition coefficient (Wildman–Crippen LogP) is 2.33. The van der Waals surface area contributed by atoms with E-state index in [1.165, 1.54) is 5.56 Å². The monoisotopic (exact) mass is 177 g/mol. The summed E-state index contributed by atoms with van der Waals surface area (Å²) in [6.07, 6.45) is 1.07. The maximum Gasteiger partial charge on any atom is 0.125 e. The van der Waals surface area contributed by atoms with Gasteiger partial charge in [-0.3, -0.25) is 0 Å². The standard InChI is InChI=1S/C11H15NO/c1-11(2)5-6-13-10-7-8(12)3-4-9(10)11/h3-4,7H,5-6,12H2,1-2H3. The van der Waals surface area contributed by atoms with Crippen molar-refractivity contribution in [1.29, 1.82) is 0 Å². The number of nitrogens with two attached hydrogens (primary N) is 1. The number of rotatable bonds is 0. The van der Waals surface area contributed by atoms with E-state index in [4.69, 9.17) is 10.5 Å². The van der Waals surface area contributed by atoms with Crippen molar-refractivity contribution in [2.45, 2.75) is 25.7 Å². The van der Waals surface area contributed by atoms with E-state index in [1.807, 2.05) is 12.1 Å². The zero-order valence-corrected chi connectivity index (χ0v) is 8.13. The minimum Gasteiger partial charge on any atom is -0.493 e. The topological polar surface area (TPSA) is 35.2 Å². The molecule has 2 rings (SSSR count). The summed E-state index contributed by atoms with van der Waals surface area (Å²) in [6.45, 7) is 5.28. The first-order valence-corrected chi connectivity index (χ1v) is 4.62. The highest BCUT2D eigenvalue weighted by Gasteiger charge is 2.28. The quantitative estimate of drug-likeness (QED) is 0.617. The zero-order chi connectivity index (χ0) is 9.47. The SMILES string of the molecule is CC1(C)CCOc2cc(N)ccc21. The lowest BCUT2D eigenvalue weighted by molar-refractivity contribution is 0.234. The number of ether oxygens (including phenoxy) is 1. The number of anilines is 1. The van der Waals surface area contributed by atoms with Gasteiger partial charge in [-0.2, -0.15) is 0 Å². The van der Waals surface area contributed by atoms with Gasteiger partial charge in [0.1, 0.15) is 5.75 Å². The molecule has 0 spiro atoms. The summed E-state index contributed by atoms with van der Waals surface area (Å²) in [6, 6.07) is 5.93. The van der Waals surface area contributed by atoms with Crippen LogP contribution >= 0.6 is 0 Å². The van der Waals surface area contributed by atoms with Crippen LogP contribution in [0.3, 0.4) is 0 Å². The molecule has 0 unspecified atom stereocenters. The molecule has 2 nitrogen and oxygen atoms in total. The molecule has 0 saturated heterocycles. The lowest BCUT2D eigenvalue weighted by Gasteiger charge is -2.32. The highest BCUT2D eigenvalue weighted by atomic mass is 16.5. The number of fused-ring (bicyclic) bond motifs is 1. The van der Waals surface area contributed by atoms with Crippen LogP contribution in [0.2, 0.25) is 0 Å². The third-order valence-corrected chi connectivity index (χ3v) is 2.72. The second-order valence-corrected chi connectivity index (χ2v) is 4.24. The van der Waals surface area contributed by atoms with E-state index in [0.717, 1.165) is 24.5 Å². The van der Waals surface area contributed by atoms with Crippen LogP contribution < -0.4 is 10.5 Å². The Kier molecular flexibility index (Phi) is 1.72. The Balaban J connectivity index is 2.53. The molecule has 0 radical (unpaired) electrons. The molecule has 2 N–H and O–H groups in total. The van der Waals surface area contributed by atoms with Gasteiger partial charge in [-0.1, -0.05) is 19.9 Å². The Morgan fingerprint density at radius 3 is 2.92 bits per heavy atom. The van der Waals surface area contributed by atoms with Gasteiger partial charge in [0.15, 0.2) is 0 Å². The van der Waals surface area contributed by atoms with Gasteiger partial charge in [0.25, 0.3) is 0 Å². The van der Waals surface area contributed by atoms with Crippen molar-refractivity contribution in [2.24, 2.45) is 0 Å². The number of hydrogen-bond donors (Lipinski definition) is 1. The van der Waals surface area contributed by atoms with Crippen LogP contribution in [0, 0.1) is 0 Å². The molecular formula is C11H15NO. The second kappa shape index (κ2) is 2.66. The molecule has 0 fully saturated rings. The predicted molar refractivity (Wildman–Crippen MR) is 54.0 cm³/mol. The maximum absolute atomic E-state index is 5.69. The van der Waals surface area contributed by atoms with Crippen LogP contribution in [-0.2, 0) is 5.41 Å². The third kappa shape index (κ3) is 1.37. The molecule has 1 heterocycles. The van der Waals surface area contributed by atoms with Gasteiger partial charge in [0.2, 0.25) is 0 Å². The normalized spacial score (nSPS) is 18.9. The van der Waals surface area contributed by atoms with Crippen LogP contribution in [0.25, 0.3) is 0 Å². The molecule has 0 aromatic heterocycles. The van der Waals surface area contributed by atoms with Crippen LogP contribution in [0.4, 0.5) is 5.69 Å². The van der Waals surface area contributed by atoms with E-state index in [9.17, 15) is 0 Å². The van der Waals surface area contributed by atoms with Crippen LogP contribution in [0.15, 0.2) is 18.2 Å². The van der Waals surface area contributed by atoms with Crippen molar-refractivity contribution < 1.29 is 4.74 Å². The van der Waals surface area contributed by atoms with Gasteiger partial charge >= 0.3 is 0 Å². The molecule has 1 aliphatic heterocycles. The fraction of sp³-hybridized carbons (Fsp3) is 0.455. The van der Waals surface area contributed by atoms with E-state index in [2.05, 4.69) is 19.9 Å². The zero-order valence-electron chi connectivity index (χ0n) is 8.13. The van der Waals surface area contributed by atoms with E-state index < -0.39 is 0 Å². The summed E-state index contributed by atoms with van der Waals surface area (Å²) < 4.78 is 5.56. The maximum atomic E-state index is 5.69. The molecule has 1 aromatic carbocycles. The molecule has 0 atom stereocenters. The van der Waals surface area contributed by atoms with E-state index in [1.54, 1.807) is 0 Å². The second-order valence-electron chi connectivity index (χ2n) is 4.24. The molecule has 2 heteroatoms. The van der Waals surface area contributed by atoms with Crippen molar-refractivity contribution in [3.8, 4) is 5.75 Å². The Morgan fingerprint density at radius 1 is 1.38 bits per heavy atom. The number of benzene rings is 1. The molecule has 0 bridgehead atoms. The van der Waals surface area contributed by atoms with Crippen LogP contribution in [0.5, 0.6) is 5.75 Å². The minimum atomic E-state index is 0.223. The van der Waals surface area contributed by atoms with Gasteiger partial charge in [-0.25, -0.2) is 0 Å². The highest BCUT2D eigenvalue weighted by Crippen LogP contribution is 2.38. The van der Waals surface area contributed by atoms with Gasteiger partial charge in [-0.15, -0.1) is 0 Å². The van der Waals surface area contributed by atoms with Gasteiger partial charge in [-0.05, 0) is 17.9 Å². The van der Waals surface area contributed by atoms with E-state index in [-0.39, 0.29) is 5.41 Å². The highest BCUT2D eigenvalue weighted by molar-refractivity contribution is 5.51. The smallest absolute Gasteiger partial charge is 0.125 e. The largest absolute Gasteiger partial charge is 0.493 e. The van der Waals surface area contributed by atoms with Gasteiger partial charge in [0.05, 0.1) is 6.61 Å². The lowest BCUT2D eigenvalue weighted by Crippen LogP contribution is -2.26. The summed E-state index contributed by atoms with van der Waals surface area (Å²) in [5.41, 5.74) is 7.96. The van der Waals surface area contributed by atoms with Gasteiger partial charge in [0, 0.05) is 17.3 Å².